The van der Waals surface area contributed by atoms with E-state index in [-0.39, 0.29) is 18.7 Å². The number of carbonyl (C=O) groups excluding carboxylic acids is 1. The van der Waals surface area contributed by atoms with E-state index < -0.39 is 6.04 Å². The zero-order valence-corrected chi connectivity index (χ0v) is 21.6. The predicted octanol–water partition coefficient (Wildman–Crippen LogP) is 5.83. The zero-order valence-electron chi connectivity index (χ0n) is 19.2. The predicted molar refractivity (Wildman–Crippen MR) is 135 cm³/mol. The summed E-state index contributed by atoms with van der Waals surface area (Å²) in [4.78, 5) is 13.5. The van der Waals surface area contributed by atoms with Crippen LogP contribution in [-0.2, 0) is 16.1 Å². The molecular formula is C25H25BrClN5O3. The van der Waals surface area contributed by atoms with Crippen LogP contribution in [0.4, 0.5) is 5.95 Å². The Labute approximate surface area is 216 Å². The highest BCUT2D eigenvalue weighted by atomic mass is 79.9. The van der Waals surface area contributed by atoms with Crippen LogP contribution in [0.25, 0.3) is 0 Å². The molecule has 2 aromatic carbocycles. The summed E-state index contributed by atoms with van der Waals surface area (Å²) in [6.07, 6.45) is 5.01. The Kier molecular flexibility index (Phi) is 7.06. The molecule has 2 aliphatic rings. The van der Waals surface area contributed by atoms with E-state index in [2.05, 4.69) is 36.8 Å². The van der Waals surface area contributed by atoms with Gasteiger partial charge in [0, 0.05) is 26.3 Å². The summed E-state index contributed by atoms with van der Waals surface area (Å²) in [5, 5.41) is 15.9. The third kappa shape index (κ3) is 5.06. The molecule has 35 heavy (non-hydrogen) atoms. The van der Waals surface area contributed by atoms with Crippen molar-refractivity contribution in [2.24, 2.45) is 0 Å². The van der Waals surface area contributed by atoms with Crippen LogP contribution in [0, 0.1) is 0 Å². The molecule has 8 nitrogen and oxygen atoms in total. The maximum absolute atomic E-state index is 13.5. The molecule has 2 heterocycles. The minimum atomic E-state index is -0.629. The third-order valence-corrected chi connectivity index (χ3v) is 7.23. The Balaban J connectivity index is 1.52. The summed E-state index contributed by atoms with van der Waals surface area (Å²) in [5.74, 6) is 0.668. The van der Waals surface area contributed by atoms with Gasteiger partial charge < -0.3 is 14.8 Å². The lowest BCUT2D eigenvalue weighted by Gasteiger charge is -2.30. The number of aromatic nitrogens is 4. The smallest absolute Gasteiger partial charge is 0.338 e. The van der Waals surface area contributed by atoms with Crippen molar-refractivity contribution in [3.8, 4) is 5.75 Å². The number of hydrogen-bond acceptors (Lipinski definition) is 7. The summed E-state index contributed by atoms with van der Waals surface area (Å²) in [6, 6.07) is 12.6. The first-order valence-electron chi connectivity index (χ1n) is 11.6. The number of anilines is 1. The molecule has 1 aliphatic heterocycles. The van der Waals surface area contributed by atoms with E-state index in [1.54, 1.807) is 4.68 Å². The van der Waals surface area contributed by atoms with Gasteiger partial charge in [0.25, 0.3) is 0 Å². The molecule has 0 amide bonds. The number of rotatable bonds is 6. The Bertz CT molecular complexity index is 1270. The molecule has 1 N–H and O–H groups in total. The fourth-order valence-electron chi connectivity index (χ4n) is 4.60. The Hall–Kier alpha value is -2.91. The first kappa shape index (κ1) is 23.8. The molecule has 0 bridgehead atoms. The SMILES string of the molecule is CC1=C(C(=O)OC2CCCCC2)C(c2cc(Br)ccc2OCc2ccccc2Cl)n2nnnc2N1. The second kappa shape index (κ2) is 10.4. The summed E-state index contributed by atoms with van der Waals surface area (Å²) < 4.78 is 14.6. The van der Waals surface area contributed by atoms with Crippen LogP contribution >= 0.6 is 27.5 Å². The Morgan fingerprint density at radius 2 is 2.00 bits per heavy atom. The number of nitrogens with one attached hydrogen (secondary N) is 1. The molecule has 3 aromatic rings. The molecule has 0 radical (unpaired) electrons. The quantitative estimate of drug-likeness (QED) is 0.381. The van der Waals surface area contributed by atoms with E-state index in [1.807, 2.05) is 49.4 Å². The van der Waals surface area contributed by atoms with Crippen molar-refractivity contribution in [2.75, 3.05) is 5.32 Å². The summed E-state index contributed by atoms with van der Waals surface area (Å²) in [6.45, 7) is 2.11. The number of nitrogens with zero attached hydrogens (tertiary/aromatic N) is 4. The van der Waals surface area contributed by atoms with Gasteiger partial charge in [0.1, 0.15) is 24.5 Å². The van der Waals surface area contributed by atoms with E-state index in [1.165, 1.54) is 6.42 Å². The van der Waals surface area contributed by atoms with Crippen molar-refractivity contribution >= 4 is 39.4 Å². The number of halogens is 2. The van der Waals surface area contributed by atoms with Gasteiger partial charge in [-0.1, -0.05) is 57.2 Å². The Morgan fingerprint density at radius 1 is 1.20 bits per heavy atom. The van der Waals surface area contributed by atoms with Crippen LogP contribution in [0.5, 0.6) is 5.75 Å². The standard InChI is InChI=1S/C25H25BrClN5O3/c1-15-22(24(33)35-18-8-3-2-4-9-18)23(32-25(28-15)29-30-31-32)19-13-17(26)11-12-21(19)34-14-16-7-5-6-10-20(16)27/h5-7,10-13,18,23H,2-4,8-9,14H2,1H3,(H,28,29,31). The summed E-state index contributed by atoms with van der Waals surface area (Å²) in [5.41, 5.74) is 2.70. The van der Waals surface area contributed by atoms with Crippen LogP contribution < -0.4 is 10.1 Å². The van der Waals surface area contributed by atoms with Crippen molar-refractivity contribution in [1.29, 1.82) is 0 Å². The van der Waals surface area contributed by atoms with Crippen LogP contribution in [0.2, 0.25) is 5.02 Å². The molecule has 0 spiro atoms. The fourth-order valence-corrected chi connectivity index (χ4v) is 5.17. The molecule has 1 aliphatic carbocycles. The maximum atomic E-state index is 13.5. The lowest BCUT2D eigenvalue weighted by Crippen LogP contribution is -2.32. The van der Waals surface area contributed by atoms with E-state index in [0.29, 0.717) is 28.0 Å². The van der Waals surface area contributed by atoms with Crippen molar-refractivity contribution in [1.82, 2.24) is 20.2 Å². The van der Waals surface area contributed by atoms with Gasteiger partial charge >= 0.3 is 5.97 Å². The van der Waals surface area contributed by atoms with Crippen molar-refractivity contribution in [2.45, 2.75) is 57.8 Å². The molecule has 5 rings (SSSR count). The molecular weight excluding hydrogens is 534 g/mol. The van der Waals surface area contributed by atoms with Gasteiger partial charge in [-0.3, -0.25) is 0 Å². The molecule has 1 saturated carbocycles. The fraction of sp³-hybridized carbons (Fsp3) is 0.360. The second-order valence-electron chi connectivity index (χ2n) is 8.74. The van der Waals surface area contributed by atoms with Crippen LogP contribution in [0.15, 0.2) is 58.2 Å². The first-order chi connectivity index (χ1) is 17.0. The van der Waals surface area contributed by atoms with Gasteiger partial charge in [-0.15, -0.1) is 0 Å². The van der Waals surface area contributed by atoms with Crippen LogP contribution in [0.3, 0.4) is 0 Å². The van der Waals surface area contributed by atoms with Crippen LogP contribution in [-0.4, -0.2) is 32.3 Å². The van der Waals surface area contributed by atoms with Crippen molar-refractivity contribution in [3.63, 3.8) is 0 Å². The highest BCUT2D eigenvalue weighted by Crippen LogP contribution is 2.41. The van der Waals surface area contributed by atoms with E-state index >= 15 is 0 Å². The summed E-state index contributed by atoms with van der Waals surface area (Å²) in [7, 11) is 0. The van der Waals surface area contributed by atoms with Gasteiger partial charge in [0.2, 0.25) is 5.95 Å². The van der Waals surface area contributed by atoms with Crippen molar-refractivity contribution < 1.29 is 14.3 Å². The molecule has 1 aromatic heterocycles. The average molecular weight is 559 g/mol. The normalized spacial score (nSPS) is 18.1. The number of benzene rings is 2. The molecule has 1 atom stereocenters. The number of allylic oxidation sites excluding steroid dienone is 1. The first-order valence-corrected chi connectivity index (χ1v) is 12.8. The lowest BCUT2D eigenvalue weighted by molar-refractivity contribution is -0.146. The highest BCUT2D eigenvalue weighted by Gasteiger charge is 2.37. The highest BCUT2D eigenvalue weighted by molar-refractivity contribution is 9.10. The van der Waals surface area contributed by atoms with E-state index in [4.69, 9.17) is 21.1 Å². The largest absolute Gasteiger partial charge is 0.488 e. The number of hydrogen-bond donors (Lipinski definition) is 1. The maximum Gasteiger partial charge on any atom is 0.338 e. The molecule has 182 valence electrons. The topological polar surface area (TPSA) is 91.2 Å². The number of tetrazole rings is 1. The molecule has 10 heteroatoms. The minimum absolute atomic E-state index is 0.0779. The number of carbonyl (C=O) groups is 1. The van der Waals surface area contributed by atoms with Gasteiger partial charge in [-0.05, 0) is 67.3 Å². The third-order valence-electron chi connectivity index (χ3n) is 6.37. The van der Waals surface area contributed by atoms with Gasteiger partial charge in [0.05, 0.1) is 5.57 Å². The molecule has 1 fully saturated rings. The van der Waals surface area contributed by atoms with Gasteiger partial charge in [0.15, 0.2) is 0 Å². The van der Waals surface area contributed by atoms with Gasteiger partial charge in [-0.2, -0.15) is 4.68 Å². The average Bonchev–Trinajstić information content (AvgIpc) is 3.32. The number of ether oxygens (including phenoxy) is 2. The molecule has 1 unspecified atom stereocenters. The molecule has 0 saturated heterocycles. The monoisotopic (exact) mass is 557 g/mol. The Morgan fingerprint density at radius 3 is 2.80 bits per heavy atom. The number of fused-ring (bicyclic) bond motifs is 1. The van der Waals surface area contributed by atoms with Crippen LogP contribution in [0.1, 0.15) is 56.2 Å². The zero-order chi connectivity index (χ0) is 24.4. The second-order valence-corrected chi connectivity index (χ2v) is 10.1. The van der Waals surface area contributed by atoms with E-state index in [9.17, 15) is 4.79 Å². The summed E-state index contributed by atoms with van der Waals surface area (Å²) >= 11 is 9.91. The van der Waals surface area contributed by atoms with Crippen molar-refractivity contribution in [3.05, 3.63) is 74.4 Å². The minimum Gasteiger partial charge on any atom is -0.488 e. The van der Waals surface area contributed by atoms with E-state index in [0.717, 1.165) is 41.3 Å². The lowest BCUT2D eigenvalue weighted by atomic mass is 9.94. The number of esters is 1. The van der Waals surface area contributed by atoms with Gasteiger partial charge in [-0.25, -0.2) is 4.79 Å².